The molecule has 1 saturated carbocycles. The lowest BCUT2D eigenvalue weighted by atomic mass is 9.83. The smallest absolute Gasteiger partial charge is 0.0404 e. The largest absolute Gasteiger partial charge is 0.366 e. The van der Waals surface area contributed by atoms with E-state index < -0.39 is 0 Å². The van der Waals surface area contributed by atoms with Gasteiger partial charge in [0.15, 0.2) is 0 Å². The van der Waals surface area contributed by atoms with Crippen LogP contribution in [-0.4, -0.2) is 37.1 Å². The van der Waals surface area contributed by atoms with Crippen molar-refractivity contribution in [2.24, 2.45) is 0 Å². The Bertz CT molecular complexity index is 761. The summed E-state index contributed by atoms with van der Waals surface area (Å²) < 4.78 is 0. The number of rotatable bonds is 5. The number of benzene rings is 2. The SMILES string of the molecule is CC1CN(CC=Cc2ccccc2)CCN1c1ccccc1C1CCCCC1. The second kappa shape index (κ2) is 9.43. The van der Waals surface area contributed by atoms with Crippen LogP contribution >= 0.6 is 0 Å². The minimum absolute atomic E-state index is 0.559. The van der Waals surface area contributed by atoms with Crippen molar-refractivity contribution in [2.75, 3.05) is 31.1 Å². The topological polar surface area (TPSA) is 6.48 Å². The van der Waals surface area contributed by atoms with Crippen molar-refractivity contribution in [3.63, 3.8) is 0 Å². The van der Waals surface area contributed by atoms with Gasteiger partial charge in [0.25, 0.3) is 0 Å². The van der Waals surface area contributed by atoms with Crippen LogP contribution in [0.5, 0.6) is 0 Å². The van der Waals surface area contributed by atoms with E-state index in [1.54, 1.807) is 5.56 Å². The third kappa shape index (κ3) is 4.67. The Kier molecular flexibility index (Phi) is 6.49. The molecule has 28 heavy (non-hydrogen) atoms. The summed E-state index contributed by atoms with van der Waals surface area (Å²) in [6.45, 7) is 6.84. The fourth-order valence-corrected chi connectivity index (χ4v) is 4.97. The second-order valence-corrected chi connectivity index (χ2v) is 8.51. The van der Waals surface area contributed by atoms with E-state index in [2.05, 4.69) is 83.5 Å². The Morgan fingerprint density at radius 3 is 2.43 bits per heavy atom. The lowest BCUT2D eigenvalue weighted by Gasteiger charge is -2.42. The molecule has 1 heterocycles. The highest BCUT2D eigenvalue weighted by Gasteiger charge is 2.27. The van der Waals surface area contributed by atoms with Gasteiger partial charge in [-0.1, -0.05) is 79.9 Å². The lowest BCUT2D eigenvalue weighted by molar-refractivity contribution is 0.251. The summed E-state index contributed by atoms with van der Waals surface area (Å²) >= 11 is 0. The van der Waals surface area contributed by atoms with Gasteiger partial charge in [-0.2, -0.15) is 0 Å². The molecule has 0 amide bonds. The van der Waals surface area contributed by atoms with Crippen LogP contribution in [-0.2, 0) is 0 Å². The zero-order valence-electron chi connectivity index (χ0n) is 17.3. The molecule has 148 valence electrons. The maximum Gasteiger partial charge on any atom is 0.0404 e. The van der Waals surface area contributed by atoms with E-state index in [-0.39, 0.29) is 0 Å². The average molecular weight is 375 g/mol. The van der Waals surface area contributed by atoms with Gasteiger partial charge in [-0.25, -0.2) is 0 Å². The van der Waals surface area contributed by atoms with Gasteiger partial charge >= 0.3 is 0 Å². The molecule has 2 nitrogen and oxygen atoms in total. The van der Waals surface area contributed by atoms with Crippen molar-refractivity contribution in [3.8, 4) is 0 Å². The molecule has 1 saturated heterocycles. The Hall–Kier alpha value is -2.06. The van der Waals surface area contributed by atoms with Crippen LogP contribution in [0.25, 0.3) is 6.08 Å². The molecular weight excluding hydrogens is 340 g/mol. The summed E-state index contributed by atoms with van der Waals surface area (Å²) in [7, 11) is 0. The molecule has 2 aromatic rings. The van der Waals surface area contributed by atoms with Gasteiger partial charge in [-0.3, -0.25) is 4.90 Å². The quantitative estimate of drug-likeness (QED) is 0.637. The summed E-state index contributed by atoms with van der Waals surface area (Å²) in [6.07, 6.45) is 11.5. The predicted octanol–water partition coefficient (Wildman–Crippen LogP) is 5.96. The van der Waals surface area contributed by atoms with E-state index in [4.69, 9.17) is 0 Å². The van der Waals surface area contributed by atoms with Gasteiger partial charge < -0.3 is 4.90 Å². The first kappa shape index (κ1) is 19.3. The fraction of sp³-hybridized carbons (Fsp3) is 0.462. The molecule has 0 radical (unpaired) electrons. The first-order valence-corrected chi connectivity index (χ1v) is 11.1. The molecule has 0 bridgehead atoms. The van der Waals surface area contributed by atoms with Crippen molar-refractivity contribution < 1.29 is 0 Å². The first-order chi connectivity index (χ1) is 13.8. The van der Waals surface area contributed by atoms with E-state index in [0.717, 1.165) is 32.1 Å². The highest BCUT2D eigenvalue weighted by atomic mass is 15.3. The molecule has 1 aliphatic carbocycles. The van der Waals surface area contributed by atoms with Crippen LogP contribution in [0, 0.1) is 0 Å². The Labute approximate surface area is 170 Å². The van der Waals surface area contributed by atoms with Crippen molar-refractivity contribution >= 4 is 11.8 Å². The van der Waals surface area contributed by atoms with Gasteiger partial charge in [0.1, 0.15) is 0 Å². The van der Waals surface area contributed by atoms with E-state index in [1.807, 2.05) is 0 Å². The molecule has 2 fully saturated rings. The third-order valence-electron chi connectivity index (χ3n) is 6.48. The number of nitrogens with zero attached hydrogens (tertiary/aromatic N) is 2. The van der Waals surface area contributed by atoms with E-state index in [9.17, 15) is 0 Å². The van der Waals surface area contributed by atoms with Crippen molar-refractivity contribution in [1.82, 2.24) is 4.90 Å². The van der Waals surface area contributed by atoms with Crippen LogP contribution in [0.1, 0.15) is 56.1 Å². The van der Waals surface area contributed by atoms with Gasteiger partial charge in [-0.05, 0) is 42.9 Å². The first-order valence-electron chi connectivity index (χ1n) is 11.1. The summed E-state index contributed by atoms with van der Waals surface area (Å²) in [5.74, 6) is 0.768. The van der Waals surface area contributed by atoms with Crippen LogP contribution in [0.15, 0.2) is 60.7 Å². The van der Waals surface area contributed by atoms with Crippen molar-refractivity contribution in [2.45, 2.75) is 51.0 Å². The van der Waals surface area contributed by atoms with Gasteiger partial charge in [0.05, 0.1) is 0 Å². The maximum absolute atomic E-state index is 2.67. The Balaban J connectivity index is 1.39. The van der Waals surface area contributed by atoms with E-state index >= 15 is 0 Å². The molecule has 2 aliphatic rings. The van der Waals surface area contributed by atoms with Gasteiger partial charge in [0, 0.05) is 37.9 Å². The zero-order valence-corrected chi connectivity index (χ0v) is 17.3. The number of hydrogen-bond donors (Lipinski definition) is 0. The number of piperazine rings is 1. The van der Waals surface area contributed by atoms with Gasteiger partial charge in [-0.15, -0.1) is 0 Å². The van der Waals surface area contributed by atoms with Gasteiger partial charge in [0.2, 0.25) is 0 Å². The summed E-state index contributed by atoms with van der Waals surface area (Å²) in [5.41, 5.74) is 4.39. The lowest BCUT2D eigenvalue weighted by Crippen LogP contribution is -2.52. The average Bonchev–Trinajstić information content (AvgIpc) is 2.75. The van der Waals surface area contributed by atoms with E-state index in [0.29, 0.717) is 6.04 Å². The van der Waals surface area contributed by atoms with Crippen LogP contribution in [0.4, 0.5) is 5.69 Å². The fourth-order valence-electron chi connectivity index (χ4n) is 4.97. The zero-order chi connectivity index (χ0) is 19.2. The molecule has 0 spiro atoms. The molecule has 1 aliphatic heterocycles. The summed E-state index contributed by atoms with van der Waals surface area (Å²) in [5, 5.41) is 0. The maximum atomic E-state index is 2.67. The number of hydrogen-bond acceptors (Lipinski definition) is 2. The third-order valence-corrected chi connectivity index (χ3v) is 6.48. The number of anilines is 1. The highest BCUT2D eigenvalue weighted by Crippen LogP contribution is 2.38. The summed E-state index contributed by atoms with van der Waals surface area (Å²) in [4.78, 5) is 5.26. The molecule has 1 atom stereocenters. The summed E-state index contributed by atoms with van der Waals surface area (Å²) in [6, 6.07) is 20.4. The predicted molar refractivity (Wildman–Crippen MR) is 121 cm³/mol. The van der Waals surface area contributed by atoms with Crippen LogP contribution in [0.2, 0.25) is 0 Å². The molecule has 0 N–H and O–H groups in total. The Morgan fingerprint density at radius 2 is 1.64 bits per heavy atom. The molecule has 0 aromatic heterocycles. The highest BCUT2D eigenvalue weighted by molar-refractivity contribution is 5.56. The monoisotopic (exact) mass is 374 g/mol. The van der Waals surface area contributed by atoms with Crippen LogP contribution in [0.3, 0.4) is 0 Å². The molecule has 2 heteroatoms. The number of para-hydroxylation sites is 1. The minimum Gasteiger partial charge on any atom is -0.366 e. The normalized spacial score (nSPS) is 22.0. The van der Waals surface area contributed by atoms with Crippen molar-refractivity contribution in [3.05, 3.63) is 71.8 Å². The molecule has 1 unspecified atom stereocenters. The minimum atomic E-state index is 0.559. The van der Waals surface area contributed by atoms with Crippen molar-refractivity contribution in [1.29, 1.82) is 0 Å². The standard InChI is InChI=1S/C26H34N2/c1-22-21-27(18-10-13-23-11-4-2-5-12-23)19-20-28(22)26-17-9-8-16-25(26)24-14-6-3-7-15-24/h2,4-5,8-13,16-17,22,24H,3,6-7,14-15,18-21H2,1H3. The van der Waals surface area contributed by atoms with Crippen LogP contribution < -0.4 is 4.90 Å². The van der Waals surface area contributed by atoms with E-state index in [1.165, 1.54) is 43.4 Å². The molecule has 2 aromatic carbocycles. The Morgan fingerprint density at radius 1 is 0.893 bits per heavy atom. The second-order valence-electron chi connectivity index (χ2n) is 8.51. The molecule has 4 rings (SSSR count). The molecular formula is C26H34N2.